The first-order valence-electron chi connectivity index (χ1n) is 7.17. The van der Waals surface area contributed by atoms with Crippen molar-refractivity contribution in [3.8, 4) is 11.3 Å². The van der Waals surface area contributed by atoms with Crippen molar-refractivity contribution >= 4 is 5.82 Å². The van der Waals surface area contributed by atoms with Crippen LogP contribution in [0.4, 0.5) is 5.82 Å². The van der Waals surface area contributed by atoms with E-state index in [1.54, 1.807) is 0 Å². The molecule has 1 aromatic carbocycles. The molecule has 0 fully saturated rings. The number of nitrogens with zero attached hydrogens (tertiary/aromatic N) is 2. The Bertz CT molecular complexity index is 616. The minimum atomic E-state index is -0.0284. The quantitative estimate of drug-likeness (QED) is 0.884. The molecule has 1 aromatic heterocycles. The molecule has 0 bridgehead atoms. The van der Waals surface area contributed by atoms with Crippen molar-refractivity contribution < 1.29 is 0 Å². The first-order valence-corrected chi connectivity index (χ1v) is 7.17. The fourth-order valence-corrected chi connectivity index (χ4v) is 2.53. The molecule has 1 heterocycles. The second-order valence-corrected chi connectivity index (χ2v) is 6.70. The summed E-state index contributed by atoms with van der Waals surface area (Å²) in [6.45, 7) is 12.9. The summed E-state index contributed by atoms with van der Waals surface area (Å²) in [5.74, 6) is 1.81. The Balaban J connectivity index is 2.72. The Morgan fingerprint density at radius 2 is 1.75 bits per heavy atom. The molecular weight excluding hydrogens is 246 g/mol. The van der Waals surface area contributed by atoms with Gasteiger partial charge < -0.3 is 10.3 Å². The summed E-state index contributed by atoms with van der Waals surface area (Å²) in [6.07, 6.45) is 0. The minimum absolute atomic E-state index is 0.0284. The number of aromatic nitrogens is 2. The molecular formula is C17H25N3. The molecule has 3 nitrogen and oxygen atoms in total. The third-order valence-electron chi connectivity index (χ3n) is 3.54. The molecule has 3 heteroatoms. The van der Waals surface area contributed by atoms with Crippen LogP contribution in [0.2, 0.25) is 0 Å². The van der Waals surface area contributed by atoms with Crippen LogP contribution in [0.25, 0.3) is 11.3 Å². The zero-order chi connectivity index (χ0) is 15.1. The first kappa shape index (κ1) is 14.6. The van der Waals surface area contributed by atoms with Gasteiger partial charge in [-0.1, -0.05) is 45.0 Å². The highest BCUT2D eigenvalue weighted by atomic mass is 15.2. The molecule has 0 spiro atoms. The van der Waals surface area contributed by atoms with E-state index in [1.807, 2.05) is 12.1 Å². The second kappa shape index (κ2) is 4.97. The number of benzene rings is 1. The van der Waals surface area contributed by atoms with E-state index < -0.39 is 0 Å². The van der Waals surface area contributed by atoms with Crippen LogP contribution >= 0.6 is 0 Å². The Morgan fingerprint density at radius 3 is 2.20 bits per heavy atom. The molecule has 2 N–H and O–H groups in total. The van der Waals surface area contributed by atoms with Gasteiger partial charge >= 0.3 is 0 Å². The van der Waals surface area contributed by atoms with Crippen molar-refractivity contribution in [2.24, 2.45) is 0 Å². The second-order valence-electron chi connectivity index (χ2n) is 6.70. The number of nitrogens with two attached hydrogens (primary N) is 1. The van der Waals surface area contributed by atoms with Crippen LogP contribution in [0.5, 0.6) is 0 Å². The Labute approximate surface area is 121 Å². The van der Waals surface area contributed by atoms with Gasteiger partial charge in [0.05, 0.1) is 0 Å². The highest BCUT2D eigenvalue weighted by Gasteiger charge is 2.26. The van der Waals surface area contributed by atoms with E-state index in [1.165, 1.54) is 5.56 Å². The number of hydrogen-bond acceptors (Lipinski definition) is 2. The first-order chi connectivity index (χ1) is 9.23. The lowest BCUT2D eigenvalue weighted by molar-refractivity contribution is 0.473. The van der Waals surface area contributed by atoms with Gasteiger partial charge in [0, 0.05) is 17.0 Å². The largest absolute Gasteiger partial charge is 0.383 e. The highest BCUT2D eigenvalue weighted by Crippen LogP contribution is 2.35. The molecule has 0 aliphatic heterocycles. The normalized spacial score (nSPS) is 12.2. The molecule has 0 amide bonds. The summed E-state index contributed by atoms with van der Waals surface area (Å²) in [4.78, 5) is 4.87. The van der Waals surface area contributed by atoms with Crippen molar-refractivity contribution in [1.82, 2.24) is 9.55 Å². The molecule has 0 radical (unpaired) electrons. The maximum Gasteiger partial charge on any atom is 0.132 e. The average Bonchev–Trinajstić information content (AvgIpc) is 2.67. The number of aryl methyl sites for hydroxylation is 1. The lowest BCUT2D eigenvalue weighted by Crippen LogP contribution is -2.21. The number of hydrogen-bond donors (Lipinski definition) is 1. The Kier molecular flexibility index (Phi) is 3.63. The van der Waals surface area contributed by atoms with E-state index in [4.69, 9.17) is 10.7 Å². The highest BCUT2D eigenvalue weighted by molar-refractivity contribution is 5.74. The van der Waals surface area contributed by atoms with Crippen molar-refractivity contribution in [2.45, 2.75) is 53.0 Å². The van der Waals surface area contributed by atoms with Crippen LogP contribution in [0.1, 0.15) is 52.0 Å². The maximum absolute atomic E-state index is 6.40. The van der Waals surface area contributed by atoms with Gasteiger partial charge in [0.2, 0.25) is 0 Å². The maximum atomic E-state index is 6.40. The van der Waals surface area contributed by atoms with Gasteiger partial charge in [0.1, 0.15) is 17.3 Å². The molecule has 0 atom stereocenters. The van der Waals surface area contributed by atoms with Gasteiger partial charge in [-0.3, -0.25) is 0 Å². The smallest absolute Gasteiger partial charge is 0.132 e. The standard InChI is InChI=1S/C17H25N3/c1-11(2)20-15(18)14(19-16(20)17(4,5)6)13-10-8-7-9-12(13)3/h7-11H,18H2,1-6H3. The Hall–Kier alpha value is -1.77. The van der Waals surface area contributed by atoms with E-state index in [9.17, 15) is 0 Å². The van der Waals surface area contributed by atoms with Crippen LogP contribution in [-0.4, -0.2) is 9.55 Å². The van der Waals surface area contributed by atoms with Gasteiger partial charge in [0.15, 0.2) is 0 Å². The predicted molar refractivity (Wildman–Crippen MR) is 85.9 cm³/mol. The van der Waals surface area contributed by atoms with Crippen LogP contribution in [0.15, 0.2) is 24.3 Å². The van der Waals surface area contributed by atoms with Crippen LogP contribution < -0.4 is 5.73 Å². The van der Waals surface area contributed by atoms with E-state index in [0.717, 1.165) is 22.9 Å². The van der Waals surface area contributed by atoms with Gasteiger partial charge in [-0.25, -0.2) is 4.98 Å². The van der Waals surface area contributed by atoms with E-state index >= 15 is 0 Å². The van der Waals surface area contributed by atoms with Gasteiger partial charge in [-0.15, -0.1) is 0 Å². The molecule has 20 heavy (non-hydrogen) atoms. The topological polar surface area (TPSA) is 43.8 Å². The zero-order valence-electron chi connectivity index (χ0n) is 13.4. The minimum Gasteiger partial charge on any atom is -0.383 e. The molecule has 2 aromatic rings. The van der Waals surface area contributed by atoms with Crippen LogP contribution in [0, 0.1) is 6.92 Å². The third-order valence-corrected chi connectivity index (χ3v) is 3.54. The van der Waals surface area contributed by atoms with Crippen LogP contribution in [0.3, 0.4) is 0 Å². The number of imidazole rings is 1. The number of anilines is 1. The van der Waals surface area contributed by atoms with E-state index in [-0.39, 0.29) is 5.41 Å². The van der Waals surface area contributed by atoms with Crippen molar-refractivity contribution in [3.63, 3.8) is 0 Å². The van der Waals surface area contributed by atoms with Crippen molar-refractivity contribution in [2.75, 3.05) is 5.73 Å². The van der Waals surface area contributed by atoms with Crippen molar-refractivity contribution in [3.05, 3.63) is 35.7 Å². The van der Waals surface area contributed by atoms with Crippen LogP contribution in [-0.2, 0) is 5.41 Å². The van der Waals surface area contributed by atoms with E-state index in [0.29, 0.717) is 6.04 Å². The molecule has 0 saturated carbocycles. The summed E-state index contributed by atoms with van der Waals surface area (Å²) in [5.41, 5.74) is 9.60. The molecule has 108 valence electrons. The van der Waals surface area contributed by atoms with Crippen molar-refractivity contribution in [1.29, 1.82) is 0 Å². The Morgan fingerprint density at radius 1 is 1.15 bits per heavy atom. The molecule has 0 aliphatic carbocycles. The van der Waals surface area contributed by atoms with Gasteiger partial charge in [-0.05, 0) is 26.3 Å². The fourth-order valence-electron chi connectivity index (χ4n) is 2.53. The summed E-state index contributed by atoms with van der Waals surface area (Å²) >= 11 is 0. The summed E-state index contributed by atoms with van der Waals surface area (Å²) in [7, 11) is 0. The fraction of sp³-hybridized carbons (Fsp3) is 0.471. The molecule has 0 unspecified atom stereocenters. The molecule has 0 aliphatic rings. The number of nitrogen functional groups attached to an aromatic ring is 1. The average molecular weight is 271 g/mol. The molecule has 0 saturated heterocycles. The summed E-state index contributed by atoms with van der Waals surface area (Å²) in [6, 6.07) is 8.56. The molecule has 2 rings (SSSR count). The monoisotopic (exact) mass is 271 g/mol. The zero-order valence-corrected chi connectivity index (χ0v) is 13.4. The summed E-state index contributed by atoms with van der Waals surface area (Å²) in [5, 5.41) is 0. The van der Waals surface area contributed by atoms with Gasteiger partial charge in [0.25, 0.3) is 0 Å². The lowest BCUT2D eigenvalue weighted by atomic mass is 9.95. The third kappa shape index (κ3) is 2.45. The summed E-state index contributed by atoms with van der Waals surface area (Å²) < 4.78 is 2.15. The predicted octanol–water partition coefficient (Wildman–Crippen LogP) is 4.32. The number of rotatable bonds is 2. The van der Waals surface area contributed by atoms with Gasteiger partial charge in [-0.2, -0.15) is 0 Å². The SMILES string of the molecule is Cc1ccccc1-c1nc(C(C)(C)C)n(C(C)C)c1N. The van der Waals surface area contributed by atoms with E-state index in [2.05, 4.69) is 58.2 Å². The lowest BCUT2D eigenvalue weighted by Gasteiger charge is -2.22.